The molecule has 1 aliphatic carbocycles. The van der Waals surface area contributed by atoms with Crippen molar-refractivity contribution in [3.05, 3.63) is 0 Å². The normalized spacial score (nSPS) is 27.5. The van der Waals surface area contributed by atoms with Gasteiger partial charge in [0.05, 0.1) is 6.04 Å². The first kappa shape index (κ1) is 11.3. The Morgan fingerprint density at radius 1 is 1.47 bits per heavy atom. The molecule has 0 aromatic rings. The third-order valence-corrected chi connectivity index (χ3v) is 4.34. The van der Waals surface area contributed by atoms with E-state index in [0.717, 1.165) is 18.1 Å². The van der Waals surface area contributed by atoms with Crippen molar-refractivity contribution in [3.8, 4) is 0 Å². The van der Waals surface area contributed by atoms with Crippen LogP contribution in [-0.4, -0.2) is 35.5 Å². The summed E-state index contributed by atoms with van der Waals surface area (Å²) in [7, 11) is 0. The Hall–Kier alpha value is -0.220. The van der Waals surface area contributed by atoms with Gasteiger partial charge in [0.1, 0.15) is 0 Å². The topological polar surface area (TPSA) is 41.1 Å². The van der Waals surface area contributed by atoms with Crippen LogP contribution in [0.25, 0.3) is 0 Å². The van der Waals surface area contributed by atoms with Crippen LogP contribution in [-0.2, 0) is 4.79 Å². The second-order valence-corrected chi connectivity index (χ2v) is 6.22. The predicted octanol–water partition coefficient (Wildman–Crippen LogP) is 0.996. The highest BCUT2D eigenvalue weighted by molar-refractivity contribution is 7.99. The molecule has 3 nitrogen and oxygen atoms in total. The van der Waals surface area contributed by atoms with Crippen molar-refractivity contribution in [2.24, 2.45) is 5.92 Å². The summed E-state index contributed by atoms with van der Waals surface area (Å²) in [5, 5.41) is 6.44. The van der Waals surface area contributed by atoms with Gasteiger partial charge in [0.25, 0.3) is 0 Å². The maximum absolute atomic E-state index is 12.0. The maximum atomic E-state index is 12.0. The summed E-state index contributed by atoms with van der Waals surface area (Å²) in [6.45, 7) is 5.23. The van der Waals surface area contributed by atoms with Crippen LogP contribution in [0.2, 0.25) is 0 Å². The van der Waals surface area contributed by atoms with E-state index < -0.39 is 0 Å². The average molecular weight is 228 g/mol. The molecule has 1 heterocycles. The van der Waals surface area contributed by atoms with Gasteiger partial charge in [-0.15, -0.1) is 0 Å². The lowest BCUT2D eigenvalue weighted by atomic mass is 9.98. The summed E-state index contributed by atoms with van der Waals surface area (Å²) in [5.74, 6) is 2.90. The Balaban J connectivity index is 1.84. The lowest BCUT2D eigenvalue weighted by molar-refractivity contribution is -0.124. The number of carbonyl (C=O) groups excluding carboxylic acids is 1. The quantitative estimate of drug-likeness (QED) is 0.757. The molecule has 1 aliphatic heterocycles. The molecule has 0 aromatic carbocycles. The fourth-order valence-corrected chi connectivity index (χ4v) is 2.98. The van der Waals surface area contributed by atoms with Crippen molar-refractivity contribution in [1.29, 1.82) is 0 Å². The number of thioether (sulfide) groups is 1. The molecular formula is C11H20N2OS. The molecule has 0 aromatic heterocycles. The molecule has 1 amide bonds. The zero-order chi connectivity index (χ0) is 10.9. The summed E-state index contributed by atoms with van der Waals surface area (Å²) in [6.07, 6.45) is 2.53. The van der Waals surface area contributed by atoms with E-state index in [1.165, 1.54) is 12.8 Å². The molecule has 2 fully saturated rings. The van der Waals surface area contributed by atoms with Gasteiger partial charge < -0.3 is 10.6 Å². The molecule has 1 saturated heterocycles. The summed E-state index contributed by atoms with van der Waals surface area (Å²) in [5.41, 5.74) is -0.0130. The molecule has 1 atom stereocenters. The van der Waals surface area contributed by atoms with E-state index in [0.29, 0.717) is 5.92 Å². The Kier molecular flexibility index (Phi) is 3.26. The van der Waals surface area contributed by atoms with Crippen LogP contribution in [0.1, 0.15) is 26.7 Å². The van der Waals surface area contributed by atoms with E-state index in [2.05, 4.69) is 24.5 Å². The molecule has 0 radical (unpaired) electrons. The fourth-order valence-electron chi connectivity index (χ4n) is 2.05. The molecule has 15 heavy (non-hydrogen) atoms. The molecule has 2 aliphatic rings. The van der Waals surface area contributed by atoms with Crippen molar-refractivity contribution in [2.75, 3.05) is 18.1 Å². The first-order valence-corrected chi connectivity index (χ1v) is 6.88. The van der Waals surface area contributed by atoms with Gasteiger partial charge in [-0.2, -0.15) is 11.8 Å². The second kappa shape index (κ2) is 4.34. The lowest BCUT2D eigenvalue weighted by Gasteiger charge is -2.30. The van der Waals surface area contributed by atoms with Gasteiger partial charge in [-0.1, -0.05) is 0 Å². The Morgan fingerprint density at radius 3 is 2.73 bits per heavy atom. The van der Waals surface area contributed by atoms with E-state index in [9.17, 15) is 4.79 Å². The highest BCUT2D eigenvalue weighted by Gasteiger charge is 2.39. The monoisotopic (exact) mass is 228 g/mol. The van der Waals surface area contributed by atoms with E-state index in [4.69, 9.17) is 0 Å². The molecule has 1 saturated carbocycles. The van der Waals surface area contributed by atoms with Crippen molar-refractivity contribution in [2.45, 2.75) is 38.3 Å². The molecule has 4 heteroatoms. The van der Waals surface area contributed by atoms with Crippen LogP contribution in [0, 0.1) is 5.92 Å². The van der Waals surface area contributed by atoms with Crippen molar-refractivity contribution in [1.82, 2.24) is 10.6 Å². The third kappa shape index (κ3) is 2.88. The van der Waals surface area contributed by atoms with Crippen LogP contribution in [0.15, 0.2) is 0 Å². The van der Waals surface area contributed by atoms with Crippen LogP contribution < -0.4 is 10.6 Å². The summed E-state index contributed by atoms with van der Waals surface area (Å²) in [4.78, 5) is 12.0. The van der Waals surface area contributed by atoms with Gasteiger partial charge >= 0.3 is 0 Å². The van der Waals surface area contributed by atoms with E-state index in [1.54, 1.807) is 0 Å². The first-order chi connectivity index (χ1) is 7.09. The van der Waals surface area contributed by atoms with Gasteiger partial charge in [0, 0.05) is 23.6 Å². The molecule has 0 bridgehead atoms. The molecular weight excluding hydrogens is 208 g/mol. The highest BCUT2D eigenvalue weighted by Crippen LogP contribution is 2.39. The molecule has 86 valence electrons. The fraction of sp³-hybridized carbons (Fsp3) is 0.909. The minimum absolute atomic E-state index is 0.0130. The van der Waals surface area contributed by atoms with Crippen LogP contribution in [0.4, 0.5) is 0 Å². The average Bonchev–Trinajstić information content (AvgIpc) is 3.01. The number of rotatable bonds is 3. The molecule has 2 N–H and O–H groups in total. The Bertz CT molecular complexity index is 245. The van der Waals surface area contributed by atoms with Crippen molar-refractivity contribution < 1.29 is 4.79 Å². The van der Waals surface area contributed by atoms with Gasteiger partial charge in [-0.25, -0.2) is 0 Å². The highest BCUT2D eigenvalue weighted by atomic mass is 32.2. The summed E-state index contributed by atoms with van der Waals surface area (Å²) in [6, 6.07) is 0.0155. The molecule has 2 rings (SSSR count). The minimum Gasteiger partial charge on any atom is -0.350 e. The first-order valence-electron chi connectivity index (χ1n) is 5.73. The largest absolute Gasteiger partial charge is 0.350 e. The zero-order valence-electron chi connectivity index (χ0n) is 9.51. The van der Waals surface area contributed by atoms with Crippen LogP contribution >= 0.6 is 11.8 Å². The number of amides is 1. The van der Waals surface area contributed by atoms with Crippen LogP contribution in [0.5, 0.6) is 0 Å². The van der Waals surface area contributed by atoms with E-state index in [-0.39, 0.29) is 17.5 Å². The van der Waals surface area contributed by atoms with Crippen LogP contribution in [0.3, 0.4) is 0 Å². The standard InChI is InChI=1S/C11H20N2OS/c1-11(2,8-3-4-8)13-10(14)9-7-15-6-5-12-9/h8-9,12H,3-7H2,1-2H3,(H,13,14). The van der Waals surface area contributed by atoms with Gasteiger partial charge in [0.2, 0.25) is 5.91 Å². The predicted molar refractivity (Wildman–Crippen MR) is 64.1 cm³/mol. The number of nitrogens with one attached hydrogen (secondary N) is 2. The zero-order valence-corrected chi connectivity index (χ0v) is 10.3. The molecule has 0 spiro atoms. The van der Waals surface area contributed by atoms with Crippen molar-refractivity contribution >= 4 is 17.7 Å². The van der Waals surface area contributed by atoms with E-state index >= 15 is 0 Å². The SMILES string of the molecule is CC(C)(NC(=O)C1CSCCN1)C1CC1. The Labute approximate surface area is 95.8 Å². The molecule has 1 unspecified atom stereocenters. The smallest absolute Gasteiger partial charge is 0.238 e. The summed E-state index contributed by atoms with van der Waals surface area (Å²) < 4.78 is 0. The van der Waals surface area contributed by atoms with Gasteiger partial charge in [-0.05, 0) is 32.6 Å². The van der Waals surface area contributed by atoms with Gasteiger partial charge in [-0.3, -0.25) is 4.79 Å². The van der Waals surface area contributed by atoms with Crippen molar-refractivity contribution in [3.63, 3.8) is 0 Å². The number of carbonyl (C=O) groups is 1. The third-order valence-electron chi connectivity index (χ3n) is 3.28. The summed E-state index contributed by atoms with van der Waals surface area (Å²) >= 11 is 1.86. The van der Waals surface area contributed by atoms with E-state index in [1.807, 2.05) is 11.8 Å². The number of hydrogen-bond acceptors (Lipinski definition) is 3. The lowest BCUT2D eigenvalue weighted by Crippen LogP contribution is -2.55. The van der Waals surface area contributed by atoms with Gasteiger partial charge in [0.15, 0.2) is 0 Å². The second-order valence-electron chi connectivity index (χ2n) is 5.07. The number of hydrogen-bond donors (Lipinski definition) is 2. The minimum atomic E-state index is -0.0130. The maximum Gasteiger partial charge on any atom is 0.238 e. The Morgan fingerprint density at radius 2 is 2.20 bits per heavy atom.